The van der Waals surface area contributed by atoms with E-state index >= 15 is 0 Å². The van der Waals surface area contributed by atoms with Gasteiger partial charge < -0.3 is 14.2 Å². The predicted octanol–water partition coefficient (Wildman–Crippen LogP) is 6.31. The van der Waals surface area contributed by atoms with Crippen LogP contribution in [0.2, 0.25) is 0 Å². The fourth-order valence-corrected chi connectivity index (χ4v) is 6.33. The van der Waals surface area contributed by atoms with Crippen LogP contribution < -0.4 is 18.9 Å². The molecular formula is C35H40N2O6S. The lowest BCUT2D eigenvalue weighted by molar-refractivity contribution is 0.104. The molecule has 8 nitrogen and oxygen atoms in total. The molecule has 44 heavy (non-hydrogen) atoms. The van der Waals surface area contributed by atoms with Crippen molar-refractivity contribution in [2.45, 2.75) is 44.1 Å². The van der Waals surface area contributed by atoms with E-state index in [1.54, 1.807) is 25.3 Å². The number of rotatable bonds is 12. The largest absolute Gasteiger partial charge is 0.497 e. The molecule has 1 N–H and O–H groups in total. The van der Waals surface area contributed by atoms with Gasteiger partial charge in [0, 0.05) is 29.3 Å². The van der Waals surface area contributed by atoms with Crippen LogP contribution >= 0.6 is 0 Å². The summed E-state index contributed by atoms with van der Waals surface area (Å²) in [6, 6.07) is 21.4. The number of ether oxygens (including phenoxy) is 3. The first kappa shape index (κ1) is 31.5. The standard InChI is InChI=1S/C35H40N2O6S/c1-24(2)43-33-23-29(44(39,40)36-3)14-17-31(33)32-15-10-26-22-28(41-4)13-16-30(26)34(32)35(38)25-8-11-27(12-9-25)42-21-20-37-18-6-5-7-19-37/h8-17,22-24,36H,5-7,18-21H2,1-4H3. The van der Waals surface area contributed by atoms with Gasteiger partial charge >= 0.3 is 0 Å². The second-order valence-electron chi connectivity index (χ2n) is 11.2. The number of sulfonamides is 1. The van der Waals surface area contributed by atoms with Gasteiger partial charge in [0.2, 0.25) is 10.0 Å². The number of benzene rings is 4. The van der Waals surface area contributed by atoms with E-state index in [9.17, 15) is 13.2 Å². The minimum Gasteiger partial charge on any atom is -0.497 e. The van der Waals surface area contributed by atoms with Gasteiger partial charge in [0.15, 0.2) is 5.78 Å². The monoisotopic (exact) mass is 616 g/mol. The minimum absolute atomic E-state index is 0.0775. The molecular weight excluding hydrogens is 576 g/mol. The Morgan fingerprint density at radius 2 is 1.59 bits per heavy atom. The molecule has 0 bridgehead atoms. The van der Waals surface area contributed by atoms with Gasteiger partial charge in [-0.25, -0.2) is 13.1 Å². The summed E-state index contributed by atoms with van der Waals surface area (Å²) < 4.78 is 45.1. The summed E-state index contributed by atoms with van der Waals surface area (Å²) in [7, 11) is -0.738. The quantitative estimate of drug-likeness (QED) is 0.187. The summed E-state index contributed by atoms with van der Waals surface area (Å²) in [4.78, 5) is 16.8. The number of nitrogens with one attached hydrogen (secondary N) is 1. The Kier molecular flexibility index (Phi) is 9.88. The van der Waals surface area contributed by atoms with Crippen molar-refractivity contribution in [3.8, 4) is 28.4 Å². The van der Waals surface area contributed by atoms with Crippen LogP contribution in [-0.4, -0.2) is 65.6 Å². The molecule has 0 unspecified atom stereocenters. The maximum absolute atomic E-state index is 14.3. The highest BCUT2D eigenvalue weighted by molar-refractivity contribution is 7.89. The molecule has 5 rings (SSSR count). The van der Waals surface area contributed by atoms with Crippen LogP contribution in [0.25, 0.3) is 21.9 Å². The highest BCUT2D eigenvalue weighted by Gasteiger charge is 2.23. The zero-order valence-corrected chi connectivity index (χ0v) is 26.6. The van der Waals surface area contributed by atoms with E-state index in [1.165, 1.54) is 38.4 Å². The molecule has 9 heteroatoms. The SMILES string of the molecule is CNS(=O)(=O)c1ccc(-c2ccc3cc(OC)ccc3c2C(=O)c2ccc(OCCN3CCCCC3)cc2)c(OC(C)C)c1. The Balaban J connectivity index is 1.54. The van der Waals surface area contributed by atoms with Crippen molar-refractivity contribution in [1.29, 1.82) is 0 Å². The van der Waals surface area contributed by atoms with Crippen molar-refractivity contribution in [2.75, 3.05) is 40.4 Å². The Labute approximate surface area is 260 Å². The van der Waals surface area contributed by atoms with Gasteiger partial charge in [-0.15, -0.1) is 0 Å². The lowest BCUT2D eigenvalue weighted by Crippen LogP contribution is -2.33. The lowest BCUT2D eigenvalue weighted by atomic mass is 9.89. The van der Waals surface area contributed by atoms with Gasteiger partial charge in [0.25, 0.3) is 0 Å². The van der Waals surface area contributed by atoms with Crippen LogP contribution in [0.15, 0.2) is 77.7 Å². The van der Waals surface area contributed by atoms with E-state index in [4.69, 9.17) is 14.2 Å². The number of methoxy groups -OCH3 is 1. The van der Waals surface area contributed by atoms with Crippen molar-refractivity contribution in [2.24, 2.45) is 0 Å². The molecule has 1 heterocycles. The van der Waals surface area contributed by atoms with E-state index in [0.29, 0.717) is 40.4 Å². The summed E-state index contributed by atoms with van der Waals surface area (Å²) >= 11 is 0. The number of fused-ring (bicyclic) bond motifs is 1. The number of carbonyl (C=O) groups excluding carboxylic acids is 1. The van der Waals surface area contributed by atoms with Crippen molar-refractivity contribution >= 4 is 26.6 Å². The van der Waals surface area contributed by atoms with Crippen LogP contribution in [0.5, 0.6) is 17.2 Å². The maximum Gasteiger partial charge on any atom is 0.240 e. The fourth-order valence-electron chi connectivity index (χ4n) is 5.59. The van der Waals surface area contributed by atoms with Gasteiger partial charge in [-0.05, 0) is 118 Å². The summed E-state index contributed by atoms with van der Waals surface area (Å²) in [5.74, 6) is 1.60. The number of nitrogens with zero attached hydrogens (tertiary/aromatic N) is 1. The van der Waals surface area contributed by atoms with Crippen LogP contribution in [0.1, 0.15) is 49.0 Å². The van der Waals surface area contributed by atoms with E-state index in [0.717, 1.165) is 36.2 Å². The number of hydrogen-bond donors (Lipinski definition) is 1. The number of piperidine rings is 1. The van der Waals surface area contributed by atoms with E-state index in [1.807, 2.05) is 56.3 Å². The normalized spacial score (nSPS) is 14.1. The summed E-state index contributed by atoms with van der Waals surface area (Å²) in [5, 5.41) is 1.59. The third kappa shape index (κ3) is 7.07. The Bertz CT molecular complexity index is 1730. The molecule has 1 aliphatic rings. The molecule has 0 aromatic heterocycles. The van der Waals surface area contributed by atoms with Crippen LogP contribution in [-0.2, 0) is 10.0 Å². The zero-order valence-electron chi connectivity index (χ0n) is 25.8. The van der Waals surface area contributed by atoms with E-state index in [-0.39, 0.29) is 16.8 Å². The van der Waals surface area contributed by atoms with Gasteiger partial charge in [0.05, 0.1) is 18.1 Å². The predicted molar refractivity (Wildman–Crippen MR) is 174 cm³/mol. The molecule has 1 aliphatic heterocycles. The van der Waals surface area contributed by atoms with Crippen LogP contribution in [0.3, 0.4) is 0 Å². The van der Waals surface area contributed by atoms with Gasteiger partial charge in [-0.2, -0.15) is 0 Å². The molecule has 1 saturated heterocycles. The van der Waals surface area contributed by atoms with E-state index < -0.39 is 10.0 Å². The molecule has 0 radical (unpaired) electrons. The summed E-state index contributed by atoms with van der Waals surface area (Å²) in [6.07, 6.45) is 3.55. The first-order chi connectivity index (χ1) is 21.2. The smallest absolute Gasteiger partial charge is 0.240 e. The molecule has 0 amide bonds. The number of ketones is 1. The summed E-state index contributed by atoms with van der Waals surface area (Å²) in [6.45, 7) is 7.47. The molecule has 0 spiro atoms. The number of likely N-dealkylation sites (tertiary alicyclic amines) is 1. The number of carbonyl (C=O) groups is 1. The highest BCUT2D eigenvalue weighted by Crippen LogP contribution is 2.39. The summed E-state index contributed by atoms with van der Waals surface area (Å²) in [5.41, 5.74) is 2.26. The van der Waals surface area contributed by atoms with Crippen LogP contribution in [0, 0.1) is 0 Å². The third-order valence-electron chi connectivity index (χ3n) is 7.88. The average Bonchev–Trinajstić information content (AvgIpc) is 3.04. The Hall–Kier alpha value is -3.92. The molecule has 0 atom stereocenters. The second-order valence-corrected chi connectivity index (χ2v) is 13.1. The van der Waals surface area contributed by atoms with E-state index in [2.05, 4.69) is 9.62 Å². The van der Waals surface area contributed by atoms with Crippen molar-refractivity contribution in [3.63, 3.8) is 0 Å². The molecule has 232 valence electrons. The number of hydrogen-bond acceptors (Lipinski definition) is 7. The first-order valence-corrected chi connectivity index (χ1v) is 16.5. The van der Waals surface area contributed by atoms with Gasteiger partial charge in [-0.3, -0.25) is 9.69 Å². The van der Waals surface area contributed by atoms with Gasteiger partial charge in [0.1, 0.15) is 23.9 Å². The topological polar surface area (TPSA) is 94.2 Å². The average molecular weight is 617 g/mol. The molecule has 0 aliphatic carbocycles. The first-order valence-electron chi connectivity index (χ1n) is 15.1. The second kappa shape index (κ2) is 13.8. The Morgan fingerprint density at radius 1 is 0.886 bits per heavy atom. The van der Waals surface area contributed by atoms with Crippen molar-refractivity contribution < 1.29 is 27.4 Å². The maximum atomic E-state index is 14.3. The molecule has 4 aromatic carbocycles. The third-order valence-corrected chi connectivity index (χ3v) is 9.29. The zero-order chi connectivity index (χ0) is 31.3. The van der Waals surface area contributed by atoms with Crippen LogP contribution in [0.4, 0.5) is 0 Å². The van der Waals surface area contributed by atoms with Crippen molar-refractivity contribution in [3.05, 3.63) is 83.9 Å². The van der Waals surface area contributed by atoms with Gasteiger partial charge in [-0.1, -0.05) is 18.6 Å². The lowest BCUT2D eigenvalue weighted by Gasteiger charge is -2.26. The fraction of sp³-hybridized carbons (Fsp3) is 0.343. The minimum atomic E-state index is -3.71. The Morgan fingerprint density at radius 3 is 2.27 bits per heavy atom. The molecule has 0 saturated carbocycles. The molecule has 1 fully saturated rings. The molecule has 4 aromatic rings. The highest BCUT2D eigenvalue weighted by atomic mass is 32.2. The van der Waals surface area contributed by atoms with Crippen molar-refractivity contribution in [1.82, 2.24) is 9.62 Å².